The number of likely N-dealkylation sites (tertiary alicyclic amines) is 1. The fraction of sp³-hybridized carbons (Fsp3) is 0.474. The van der Waals surface area contributed by atoms with Crippen LogP contribution >= 0.6 is 0 Å². The molecule has 2 amide bonds. The number of benzene rings is 3. The van der Waals surface area contributed by atoms with Gasteiger partial charge in [-0.25, -0.2) is 0 Å². The minimum Gasteiger partial charge on any atom is -0.494 e. The number of ether oxygens (including phenoxy) is 3. The van der Waals surface area contributed by atoms with Gasteiger partial charge in [-0.1, -0.05) is 30.3 Å². The molecule has 0 aromatic heterocycles. The van der Waals surface area contributed by atoms with Gasteiger partial charge in [-0.05, 0) is 99.5 Å². The van der Waals surface area contributed by atoms with Gasteiger partial charge in [0.1, 0.15) is 5.75 Å². The van der Waals surface area contributed by atoms with E-state index < -0.39 is 0 Å². The van der Waals surface area contributed by atoms with E-state index in [0.717, 1.165) is 107 Å². The van der Waals surface area contributed by atoms with Crippen LogP contribution < -0.4 is 19.5 Å². The molecule has 2 fully saturated rings. The van der Waals surface area contributed by atoms with E-state index >= 15 is 0 Å². The average molecular weight is 656 g/mol. The first-order chi connectivity index (χ1) is 23.4. The fourth-order valence-corrected chi connectivity index (χ4v) is 6.60. The summed E-state index contributed by atoms with van der Waals surface area (Å²) >= 11 is 0. The summed E-state index contributed by atoms with van der Waals surface area (Å²) in [5, 5.41) is 2.98. The molecule has 1 N–H and O–H groups in total. The van der Waals surface area contributed by atoms with Gasteiger partial charge < -0.3 is 29.3 Å². The van der Waals surface area contributed by atoms with Gasteiger partial charge in [0.15, 0.2) is 11.5 Å². The summed E-state index contributed by atoms with van der Waals surface area (Å²) < 4.78 is 16.6. The maximum Gasteiger partial charge on any atom is 0.251 e. The Morgan fingerprint density at radius 1 is 0.792 bits per heavy atom. The average Bonchev–Trinajstić information content (AvgIpc) is 3.59. The molecule has 10 nitrogen and oxygen atoms in total. The molecule has 3 aromatic rings. The summed E-state index contributed by atoms with van der Waals surface area (Å²) in [6.45, 7) is 9.28. The standard InChI is InChI=1S/C38H49N5O5/c1-40(2)16-3-23-46-34-11-6-30(7-12-34)26-41-17-14-33(15-18-41)38(45)43-21-19-42(20-22-43)27-29-4-9-32(10-5-29)37(44)39-25-31-8-13-35-36(24-31)48-28-47-35/h4-13,24,33H,3,14-23,25-28H2,1-2H3,(H,39,44). The topological polar surface area (TPSA) is 86.8 Å². The first kappa shape index (κ1) is 33.8. The molecule has 0 bridgehead atoms. The first-order valence-corrected chi connectivity index (χ1v) is 17.3. The van der Waals surface area contributed by atoms with Crippen molar-refractivity contribution >= 4 is 11.8 Å². The predicted octanol–water partition coefficient (Wildman–Crippen LogP) is 4.23. The van der Waals surface area contributed by atoms with Crippen LogP contribution in [0.15, 0.2) is 66.7 Å². The molecular weight excluding hydrogens is 606 g/mol. The number of nitrogens with zero attached hydrogens (tertiary/aromatic N) is 4. The zero-order valence-corrected chi connectivity index (χ0v) is 28.4. The highest BCUT2D eigenvalue weighted by atomic mass is 16.7. The third kappa shape index (κ3) is 9.27. The SMILES string of the molecule is CN(C)CCCOc1ccc(CN2CCC(C(=O)N3CCN(Cc4ccc(C(=O)NCc5ccc6c(c5)OCO6)cc4)CC3)CC2)cc1. The monoisotopic (exact) mass is 655 g/mol. The van der Waals surface area contributed by atoms with E-state index in [1.54, 1.807) is 0 Å². The van der Waals surface area contributed by atoms with Crippen LogP contribution in [0.25, 0.3) is 0 Å². The van der Waals surface area contributed by atoms with Gasteiger partial charge in [0, 0.05) is 63.8 Å². The van der Waals surface area contributed by atoms with E-state index in [0.29, 0.717) is 23.8 Å². The van der Waals surface area contributed by atoms with Gasteiger partial charge in [0.25, 0.3) is 5.91 Å². The van der Waals surface area contributed by atoms with Crippen LogP contribution in [-0.2, 0) is 24.4 Å². The Hall–Kier alpha value is -4.12. The van der Waals surface area contributed by atoms with Gasteiger partial charge in [-0.15, -0.1) is 0 Å². The third-order valence-electron chi connectivity index (χ3n) is 9.48. The molecule has 0 spiro atoms. The second-order valence-electron chi connectivity index (χ2n) is 13.4. The molecule has 48 heavy (non-hydrogen) atoms. The van der Waals surface area contributed by atoms with Crippen LogP contribution in [0.4, 0.5) is 0 Å². The van der Waals surface area contributed by atoms with E-state index in [1.807, 2.05) is 42.5 Å². The van der Waals surface area contributed by atoms with Crippen molar-refractivity contribution in [1.29, 1.82) is 0 Å². The smallest absolute Gasteiger partial charge is 0.251 e. The zero-order valence-electron chi connectivity index (χ0n) is 28.4. The van der Waals surface area contributed by atoms with Crippen molar-refractivity contribution in [3.8, 4) is 17.2 Å². The first-order valence-electron chi connectivity index (χ1n) is 17.3. The lowest BCUT2D eigenvalue weighted by molar-refractivity contribution is -0.139. The van der Waals surface area contributed by atoms with E-state index in [4.69, 9.17) is 14.2 Å². The van der Waals surface area contributed by atoms with Crippen molar-refractivity contribution < 1.29 is 23.8 Å². The Morgan fingerprint density at radius 2 is 1.42 bits per heavy atom. The molecule has 0 atom stereocenters. The molecule has 6 rings (SSSR count). The molecule has 3 heterocycles. The number of rotatable bonds is 13. The quantitative estimate of drug-likeness (QED) is 0.274. The summed E-state index contributed by atoms with van der Waals surface area (Å²) in [5.41, 5.74) is 4.04. The molecule has 0 aliphatic carbocycles. The van der Waals surface area contributed by atoms with Crippen LogP contribution in [0.3, 0.4) is 0 Å². The highest BCUT2D eigenvalue weighted by Crippen LogP contribution is 2.32. The zero-order chi connectivity index (χ0) is 33.3. The van der Waals surface area contributed by atoms with Crippen molar-refractivity contribution in [1.82, 2.24) is 24.9 Å². The lowest BCUT2D eigenvalue weighted by Crippen LogP contribution is -2.51. The largest absolute Gasteiger partial charge is 0.494 e. The number of piperazine rings is 1. The maximum atomic E-state index is 13.4. The Balaban J connectivity index is 0.871. The molecule has 0 radical (unpaired) electrons. The van der Waals surface area contributed by atoms with Gasteiger partial charge in [0.05, 0.1) is 6.61 Å². The minimum absolute atomic E-state index is 0.108. The Kier molecular flexibility index (Phi) is 11.5. The van der Waals surface area contributed by atoms with Crippen molar-refractivity contribution in [2.24, 2.45) is 5.92 Å². The molecule has 10 heteroatoms. The minimum atomic E-state index is -0.108. The van der Waals surface area contributed by atoms with Crippen LogP contribution in [-0.4, -0.2) is 105 Å². The normalized spacial score (nSPS) is 17.1. The number of piperidine rings is 1. The van der Waals surface area contributed by atoms with Crippen molar-refractivity contribution in [3.63, 3.8) is 0 Å². The maximum absolute atomic E-state index is 13.4. The summed E-state index contributed by atoms with van der Waals surface area (Å²) in [7, 11) is 4.16. The van der Waals surface area contributed by atoms with Gasteiger partial charge in [0.2, 0.25) is 12.7 Å². The number of carbonyl (C=O) groups excluding carboxylic acids is 2. The molecule has 0 saturated carbocycles. The summed E-state index contributed by atoms with van der Waals surface area (Å²) in [6, 6.07) is 22.0. The van der Waals surface area contributed by atoms with Crippen molar-refractivity contribution in [2.75, 3.05) is 73.3 Å². The molecular formula is C38H49N5O5. The van der Waals surface area contributed by atoms with Crippen LogP contribution in [0.1, 0.15) is 46.3 Å². The van der Waals surface area contributed by atoms with E-state index in [9.17, 15) is 9.59 Å². The summed E-state index contributed by atoms with van der Waals surface area (Å²) in [6.07, 6.45) is 2.85. The predicted molar refractivity (Wildman–Crippen MR) is 185 cm³/mol. The van der Waals surface area contributed by atoms with Crippen LogP contribution in [0, 0.1) is 5.92 Å². The number of hydrogen-bond acceptors (Lipinski definition) is 8. The second kappa shape index (κ2) is 16.3. The lowest BCUT2D eigenvalue weighted by Gasteiger charge is -2.38. The Labute approximate surface area is 284 Å². The van der Waals surface area contributed by atoms with E-state index in [-0.39, 0.29) is 18.6 Å². The van der Waals surface area contributed by atoms with Crippen LogP contribution in [0.5, 0.6) is 17.2 Å². The number of carbonyl (C=O) groups is 2. The van der Waals surface area contributed by atoms with Gasteiger partial charge >= 0.3 is 0 Å². The number of nitrogens with one attached hydrogen (secondary N) is 1. The number of fused-ring (bicyclic) bond motifs is 1. The summed E-state index contributed by atoms with van der Waals surface area (Å²) in [4.78, 5) is 35.2. The molecule has 256 valence electrons. The van der Waals surface area contributed by atoms with E-state index in [1.165, 1.54) is 5.56 Å². The van der Waals surface area contributed by atoms with Crippen molar-refractivity contribution in [2.45, 2.75) is 38.9 Å². The molecule has 0 unspecified atom stereocenters. The van der Waals surface area contributed by atoms with E-state index in [2.05, 4.69) is 63.3 Å². The second-order valence-corrected chi connectivity index (χ2v) is 13.4. The summed E-state index contributed by atoms with van der Waals surface area (Å²) in [5.74, 6) is 2.70. The van der Waals surface area contributed by atoms with Crippen molar-refractivity contribution in [3.05, 3.63) is 89.0 Å². The highest BCUT2D eigenvalue weighted by Gasteiger charge is 2.30. The molecule has 2 saturated heterocycles. The molecule has 3 aromatic carbocycles. The Bertz CT molecular complexity index is 1500. The van der Waals surface area contributed by atoms with Crippen LogP contribution in [0.2, 0.25) is 0 Å². The highest BCUT2D eigenvalue weighted by molar-refractivity contribution is 5.94. The molecule has 3 aliphatic rings. The van der Waals surface area contributed by atoms with Gasteiger partial charge in [-0.3, -0.25) is 19.4 Å². The number of amides is 2. The fourth-order valence-electron chi connectivity index (χ4n) is 6.60. The van der Waals surface area contributed by atoms with Gasteiger partial charge in [-0.2, -0.15) is 0 Å². The third-order valence-corrected chi connectivity index (χ3v) is 9.48. The Morgan fingerprint density at radius 3 is 2.10 bits per heavy atom. The lowest BCUT2D eigenvalue weighted by atomic mass is 9.94. The number of hydrogen-bond donors (Lipinski definition) is 1. The molecule has 3 aliphatic heterocycles.